The van der Waals surface area contributed by atoms with Gasteiger partial charge in [0, 0.05) is 0 Å². The summed E-state index contributed by atoms with van der Waals surface area (Å²) in [6.07, 6.45) is 16.2. The summed E-state index contributed by atoms with van der Waals surface area (Å²) in [6.45, 7) is 42.5. The van der Waals surface area contributed by atoms with Crippen molar-refractivity contribution in [2.24, 2.45) is 17.8 Å². The number of benzene rings is 3. The molecule has 336 valence electrons. The zero-order valence-electron chi connectivity index (χ0n) is 42.6. The summed E-state index contributed by atoms with van der Waals surface area (Å²) >= 11 is 0. The first kappa shape index (κ1) is 49.9. The fraction of sp³-hybridized carbons (Fsp3) is 0.690. The Kier molecular flexibility index (Phi) is 15.4. The Morgan fingerprint density at radius 2 is 0.567 bits per heavy atom. The minimum absolute atomic E-state index is 0.0142. The summed E-state index contributed by atoms with van der Waals surface area (Å²) in [5.74, 6) is 3.67. The minimum Gasteiger partial charge on any atom is -0.507 e. The van der Waals surface area contributed by atoms with Gasteiger partial charge in [-0.2, -0.15) is 0 Å². The Bertz CT molecular complexity index is 1780. The van der Waals surface area contributed by atoms with Crippen LogP contribution in [0.2, 0.25) is 0 Å². The molecule has 0 aliphatic heterocycles. The molecule has 3 aromatic rings. The molecule has 0 spiro atoms. The lowest BCUT2D eigenvalue weighted by molar-refractivity contribution is 0.313. The van der Waals surface area contributed by atoms with Crippen molar-refractivity contribution < 1.29 is 10.2 Å². The van der Waals surface area contributed by atoms with Crippen LogP contribution < -0.4 is 0 Å². The number of phenols is 2. The van der Waals surface area contributed by atoms with E-state index in [0.29, 0.717) is 11.5 Å². The molecular formula is C58H92O2. The molecule has 0 heterocycles. The molecule has 0 saturated heterocycles. The van der Waals surface area contributed by atoms with Gasteiger partial charge in [-0.25, -0.2) is 0 Å². The molecule has 3 fully saturated rings. The average Bonchev–Trinajstić information content (AvgIpc) is 3.73. The van der Waals surface area contributed by atoms with Crippen molar-refractivity contribution >= 4 is 0 Å². The lowest BCUT2D eigenvalue weighted by Crippen LogP contribution is -2.20. The predicted molar refractivity (Wildman–Crippen MR) is 263 cm³/mol. The van der Waals surface area contributed by atoms with Gasteiger partial charge in [0.2, 0.25) is 0 Å². The highest BCUT2D eigenvalue weighted by atomic mass is 16.3. The van der Waals surface area contributed by atoms with Gasteiger partial charge in [0.15, 0.2) is 0 Å². The van der Waals surface area contributed by atoms with E-state index in [9.17, 15) is 10.2 Å². The van der Waals surface area contributed by atoms with Crippen LogP contribution >= 0.6 is 0 Å². The normalized spacial score (nSPS) is 17.1. The second-order valence-electron chi connectivity index (χ2n) is 25.9. The van der Waals surface area contributed by atoms with Gasteiger partial charge < -0.3 is 10.2 Å². The largest absolute Gasteiger partial charge is 0.507 e. The molecule has 0 unspecified atom stereocenters. The molecule has 6 rings (SSSR count). The molecule has 2 heteroatoms. The van der Waals surface area contributed by atoms with E-state index in [2.05, 4.69) is 168 Å². The van der Waals surface area contributed by atoms with Gasteiger partial charge in [-0.1, -0.05) is 206 Å². The predicted octanol–water partition coefficient (Wildman–Crippen LogP) is 16.6. The van der Waals surface area contributed by atoms with Crippen LogP contribution in [0.4, 0.5) is 0 Å². The van der Waals surface area contributed by atoms with Crippen molar-refractivity contribution in [1.82, 2.24) is 0 Å². The lowest BCUT2D eigenvalue weighted by atomic mass is 9.75. The summed E-state index contributed by atoms with van der Waals surface area (Å²) in [5, 5.41) is 21.4. The zero-order chi connectivity index (χ0) is 45.4. The molecule has 0 bridgehead atoms. The number of rotatable bonds is 6. The summed E-state index contributed by atoms with van der Waals surface area (Å²) in [4.78, 5) is 0. The highest BCUT2D eigenvalue weighted by Crippen LogP contribution is 2.43. The Balaban J connectivity index is 0.000000199. The van der Waals surface area contributed by atoms with Crippen LogP contribution in [0.5, 0.6) is 11.5 Å². The summed E-state index contributed by atoms with van der Waals surface area (Å²) < 4.78 is 0. The van der Waals surface area contributed by atoms with Crippen molar-refractivity contribution in [1.29, 1.82) is 0 Å². The SMILES string of the molecule is CC(C)(C)c1cc(CC2CCC2)cc(C(C)(C)C)c1O.CC(C)(C)c1cc(CC2CCCC2)cc(C(C)(C)C)c1O.Cc1c(C(C)(C)C)cc(CC2CC2)cc1C(C)(C)C. The molecular weight excluding hydrogens is 729 g/mol. The lowest BCUT2D eigenvalue weighted by Gasteiger charge is -2.30. The van der Waals surface area contributed by atoms with Gasteiger partial charge in [-0.3, -0.25) is 0 Å². The summed E-state index contributed by atoms with van der Waals surface area (Å²) in [7, 11) is 0. The number of phenolic OH excluding ortho intramolecular Hbond substituents is 2. The maximum atomic E-state index is 10.7. The Morgan fingerprint density at radius 1 is 0.350 bits per heavy atom. The third-order valence-electron chi connectivity index (χ3n) is 13.6. The highest BCUT2D eigenvalue weighted by molar-refractivity contribution is 5.51. The van der Waals surface area contributed by atoms with Gasteiger partial charge in [0.05, 0.1) is 0 Å². The van der Waals surface area contributed by atoms with E-state index >= 15 is 0 Å². The second-order valence-corrected chi connectivity index (χ2v) is 25.9. The highest BCUT2D eigenvalue weighted by Gasteiger charge is 2.30. The van der Waals surface area contributed by atoms with Crippen LogP contribution in [0.3, 0.4) is 0 Å². The fourth-order valence-corrected chi connectivity index (χ4v) is 9.59. The topological polar surface area (TPSA) is 40.5 Å². The van der Waals surface area contributed by atoms with Crippen molar-refractivity contribution in [2.75, 3.05) is 0 Å². The van der Waals surface area contributed by atoms with Gasteiger partial charge in [-0.15, -0.1) is 0 Å². The molecule has 2 nitrogen and oxygen atoms in total. The van der Waals surface area contributed by atoms with Gasteiger partial charge in [0.1, 0.15) is 11.5 Å². The Labute approximate surface area is 371 Å². The number of hydrogen-bond acceptors (Lipinski definition) is 2. The van der Waals surface area contributed by atoms with Crippen LogP contribution in [0, 0.1) is 24.7 Å². The fourth-order valence-electron chi connectivity index (χ4n) is 9.59. The second kappa shape index (κ2) is 18.5. The van der Waals surface area contributed by atoms with Crippen LogP contribution in [0.25, 0.3) is 0 Å². The molecule has 2 N–H and O–H groups in total. The molecule has 3 aliphatic carbocycles. The van der Waals surface area contributed by atoms with E-state index in [1.807, 2.05) is 0 Å². The van der Waals surface area contributed by atoms with Crippen LogP contribution in [-0.2, 0) is 51.8 Å². The maximum absolute atomic E-state index is 10.7. The smallest absolute Gasteiger partial charge is 0.123 e. The van der Waals surface area contributed by atoms with Crippen molar-refractivity contribution in [3.8, 4) is 11.5 Å². The Hall–Kier alpha value is -2.74. The van der Waals surface area contributed by atoms with E-state index in [1.165, 1.54) is 105 Å². The molecule has 0 atom stereocenters. The molecule has 0 radical (unpaired) electrons. The van der Waals surface area contributed by atoms with E-state index < -0.39 is 0 Å². The van der Waals surface area contributed by atoms with E-state index in [1.54, 1.807) is 5.56 Å². The van der Waals surface area contributed by atoms with E-state index in [4.69, 9.17) is 0 Å². The first-order valence-corrected chi connectivity index (χ1v) is 24.1. The zero-order valence-corrected chi connectivity index (χ0v) is 42.6. The maximum Gasteiger partial charge on any atom is 0.123 e. The van der Waals surface area contributed by atoms with Crippen LogP contribution in [-0.4, -0.2) is 10.2 Å². The number of aromatic hydroxyl groups is 2. The van der Waals surface area contributed by atoms with E-state index in [0.717, 1.165) is 40.0 Å². The number of hydrogen-bond donors (Lipinski definition) is 2. The van der Waals surface area contributed by atoms with E-state index in [-0.39, 0.29) is 32.5 Å². The van der Waals surface area contributed by atoms with Crippen molar-refractivity contribution in [3.05, 3.63) is 92.0 Å². The molecule has 60 heavy (non-hydrogen) atoms. The third-order valence-corrected chi connectivity index (χ3v) is 13.6. The molecule has 3 saturated carbocycles. The van der Waals surface area contributed by atoms with Crippen LogP contribution in [0.1, 0.15) is 238 Å². The molecule has 0 aromatic heterocycles. The first-order chi connectivity index (χ1) is 27.3. The van der Waals surface area contributed by atoms with Crippen molar-refractivity contribution in [3.63, 3.8) is 0 Å². The molecule has 3 aliphatic rings. The first-order valence-electron chi connectivity index (χ1n) is 24.1. The third kappa shape index (κ3) is 13.6. The summed E-state index contributed by atoms with van der Waals surface area (Å²) in [6, 6.07) is 13.9. The molecule has 3 aromatic carbocycles. The minimum atomic E-state index is -0.0181. The van der Waals surface area contributed by atoms with Crippen LogP contribution in [0.15, 0.2) is 36.4 Å². The molecule has 0 amide bonds. The van der Waals surface area contributed by atoms with Gasteiger partial charge >= 0.3 is 0 Å². The standard InChI is InChI=1S/C20H32O.C19H30O.C19H30/c1-19(2,3)16-12-15(11-14-9-7-8-10-14)13-17(18(16)21)20(4,5)6;1-18(2,3)15-11-14(10-13-8-7-9-13)12-16(17(15)20)19(4,5)6;1-13-16(18(2,3)4)11-15(10-14-8-9-14)12-17(13)19(5,6)7/h12-14,21H,7-11H2,1-6H3;11-13,20H,7-10H2,1-6H3;11-12,14H,8-10H2,1-7H3. The Morgan fingerprint density at radius 3 is 0.767 bits per heavy atom. The average molecular weight is 821 g/mol. The monoisotopic (exact) mass is 821 g/mol. The van der Waals surface area contributed by atoms with Gasteiger partial charge in [0.25, 0.3) is 0 Å². The quantitative estimate of drug-likeness (QED) is 0.260. The van der Waals surface area contributed by atoms with Crippen molar-refractivity contribution in [2.45, 2.75) is 241 Å². The summed E-state index contributed by atoms with van der Waals surface area (Å²) in [5.41, 5.74) is 13.8. The van der Waals surface area contributed by atoms with Gasteiger partial charge in [-0.05, 0) is 145 Å².